The summed E-state index contributed by atoms with van der Waals surface area (Å²) < 4.78 is 0. The fourth-order valence-electron chi connectivity index (χ4n) is 4.78. The molecule has 0 saturated heterocycles. The second kappa shape index (κ2) is 10.4. The van der Waals surface area contributed by atoms with E-state index in [2.05, 4.69) is 0 Å². The van der Waals surface area contributed by atoms with Gasteiger partial charge in [-0.2, -0.15) is 0 Å². The topological polar surface area (TPSA) is 107 Å². The third-order valence-corrected chi connectivity index (χ3v) is 7.07. The van der Waals surface area contributed by atoms with Crippen LogP contribution in [0.3, 0.4) is 0 Å². The third kappa shape index (κ3) is 4.35. The molecule has 0 saturated carbocycles. The van der Waals surface area contributed by atoms with Gasteiger partial charge in [0, 0.05) is 50.9 Å². The van der Waals surface area contributed by atoms with Gasteiger partial charge in [0.1, 0.15) is 23.3 Å². The second-order valence-corrected chi connectivity index (χ2v) is 9.38. The molecule has 200 valence electrons. The molecule has 0 atom stereocenters. The zero-order valence-corrected chi connectivity index (χ0v) is 22.4. The molecular weight excluding hydrogens is 508 g/mol. The Balaban J connectivity index is 1.84. The van der Waals surface area contributed by atoms with Gasteiger partial charge in [-0.05, 0) is 48.5 Å². The zero-order valence-electron chi connectivity index (χ0n) is 22.4. The van der Waals surface area contributed by atoms with E-state index in [0.29, 0.717) is 71.2 Å². The van der Waals surface area contributed by atoms with Gasteiger partial charge in [-0.3, -0.25) is 19.2 Å². The normalized spacial score (nSPS) is 12.7. The molecular formula is C30H26N6O4. The number of fused-ring (bicyclic) bond motifs is 8. The molecule has 40 heavy (non-hydrogen) atoms. The highest BCUT2D eigenvalue weighted by Crippen LogP contribution is 2.37. The number of aldehydes is 4. The molecule has 0 radical (unpaired) electrons. The van der Waals surface area contributed by atoms with Crippen molar-refractivity contribution in [3.63, 3.8) is 0 Å². The van der Waals surface area contributed by atoms with E-state index >= 15 is 0 Å². The summed E-state index contributed by atoms with van der Waals surface area (Å²) in [6, 6.07) is 17.9. The lowest BCUT2D eigenvalue weighted by Gasteiger charge is -2.29. The molecule has 0 aliphatic carbocycles. The van der Waals surface area contributed by atoms with Crippen molar-refractivity contribution in [3.8, 4) is 0 Å². The van der Waals surface area contributed by atoms with E-state index in [0.717, 1.165) is 0 Å². The molecule has 4 aromatic rings. The van der Waals surface area contributed by atoms with Crippen molar-refractivity contribution in [2.45, 2.75) is 0 Å². The Morgan fingerprint density at radius 3 is 0.925 bits per heavy atom. The number of carbonyl (C=O) groups is 4. The predicted molar refractivity (Wildman–Crippen MR) is 155 cm³/mol. The van der Waals surface area contributed by atoms with Crippen LogP contribution in [0.15, 0.2) is 60.7 Å². The van der Waals surface area contributed by atoms with Crippen LogP contribution in [-0.2, 0) is 0 Å². The molecule has 2 aromatic carbocycles. The first kappa shape index (κ1) is 26.2. The fourth-order valence-corrected chi connectivity index (χ4v) is 4.78. The van der Waals surface area contributed by atoms with Crippen LogP contribution in [0, 0.1) is 0 Å². The summed E-state index contributed by atoms with van der Waals surface area (Å²) in [6.07, 6.45) is 2.71. The number of benzene rings is 2. The van der Waals surface area contributed by atoms with E-state index in [1.54, 1.807) is 47.8 Å². The van der Waals surface area contributed by atoms with Crippen molar-refractivity contribution in [1.82, 2.24) is 9.97 Å². The number of carbonyl (C=O) groups excluding carboxylic acids is 4. The summed E-state index contributed by atoms with van der Waals surface area (Å²) >= 11 is 0. The number of nitrogens with zero attached hydrogens (tertiary/aromatic N) is 6. The van der Waals surface area contributed by atoms with E-state index < -0.39 is 0 Å². The van der Waals surface area contributed by atoms with Crippen LogP contribution < -0.4 is 19.6 Å². The van der Waals surface area contributed by atoms with Gasteiger partial charge in [-0.25, -0.2) is 9.97 Å². The van der Waals surface area contributed by atoms with E-state index in [1.165, 1.54) is 12.1 Å². The smallest absolute Gasteiger partial charge is 0.153 e. The molecule has 1 aliphatic rings. The van der Waals surface area contributed by atoms with Gasteiger partial charge in [0.2, 0.25) is 0 Å². The minimum atomic E-state index is 0.258. The summed E-state index contributed by atoms with van der Waals surface area (Å²) in [6.45, 7) is 0. The van der Waals surface area contributed by atoms with Gasteiger partial charge in [0.25, 0.3) is 0 Å². The van der Waals surface area contributed by atoms with Crippen molar-refractivity contribution in [1.29, 1.82) is 0 Å². The van der Waals surface area contributed by atoms with Gasteiger partial charge in [-0.15, -0.1) is 0 Å². The maximum atomic E-state index is 12.1. The summed E-state index contributed by atoms with van der Waals surface area (Å²) in [5, 5.41) is 0. The number of pyridine rings is 2. The Bertz CT molecular complexity index is 1440. The van der Waals surface area contributed by atoms with Gasteiger partial charge in [0.05, 0.1) is 22.3 Å². The monoisotopic (exact) mass is 534 g/mol. The largest absolute Gasteiger partial charge is 0.329 e. The van der Waals surface area contributed by atoms with E-state index in [1.807, 2.05) is 48.5 Å². The summed E-state index contributed by atoms with van der Waals surface area (Å²) in [5.41, 5.74) is 3.85. The standard InChI is InChI=1S/C30H26N6O4/c1-33-23-7-5-8-24(13-23)34(2)29-21(17-39)12-22(18-40)30(32-29)36(4)26-10-6-9-25(14-26)35(3)28-20(16-38)11-19(15-37)27(33)31-28/h5-18H,1-4H3. The van der Waals surface area contributed by atoms with E-state index in [9.17, 15) is 19.2 Å². The number of aromatic nitrogens is 2. The van der Waals surface area contributed by atoms with Crippen LogP contribution in [-0.4, -0.2) is 63.3 Å². The van der Waals surface area contributed by atoms with Gasteiger partial charge >= 0.3 is 0 Å². The molecule has 10 nitrogen and oxygen atoms in total. The van der Waals surface area contributed by atoms with Crippen LogP contribution >= 0.6 is 0 Å². The average Bonchev–Trinajstić information content (AvgIpc) is 3.01. The number of anilines is 8. The molecule has 0 amide bonds. The first-order chi connectivity index (χ1) is 19.3. The summed E-state index contributed by atoms with van der Waals surface area (Å²) in [7, 11) is 7.13. The lowest BCUT2D eigenvalue weighted by atomic mass is 10.1. The molecule has 8 bridgehead atoms. The van der Waals surface area contributed by atoms with Crippen molar-refractivity contribution >= 4 is 71.2 Å². The summed E-state index contributed by atoms with van der Waals surface area (Å²) in [5.74, 6) is 1.47. The van der Waals surface area contributed by atoms with E-state index in [4.69, 9.17) is 9.97 Å². The van der Waals surface area contributed by atoms with Crippen LogP contribution in [0.5, 0.6) is 0 Å². The van der Waals surface area contributed by atoms with Crippen molar-refractivity contribution in [3.05, 3.63) is 82.9 Å². The second-order valence-electron chi connectivity index (χ2n) is 9.38. The minimum absolute atomic E-state index is 0.258. The Labute approximate surface area is 231 Å². The van der Waals surface area contributed by atoms with Gasteiger partial charge in [-0.1, -0.05) is 12.1 Å². The molecule has 0 N–H and O–H groups in total. The van der Waals surface area contributed by atoms with Crippen LogP contribution in [0.1, 0.15) is 41.4 Å². The molecule has 2 aromatic heterocycles. The molecule has 10 heteroatoms. The molecule has 0 spiro atoms. The molecule has 3 heterocycles. The van der Waals surface area contributed by atoms with Gasteiger partial charge < -0.3 is 19.6 Å². The first-order valence-corrected chi connectivity index (χ1v) is 12.4. The average molecular weight is 535 g/mol. The maximum absolute atomic E-state index is 12.1. The van der Waals surface area contributed by atoms with Crippen LogP contribution in [0.2, 0.25) is 0 Å². The highest BCUT2D eigenvalue weighted by atomic mass is 16.1. The van der Waals surface area contributed by atoms with Crippen molar-refractivity contribution in [2.75, 3.05) is 47.8 Å². The van der Waals surface area contributed by atoms with Crippen molar-refractivity contribution in [2.24, 2.45) is 0 Å². The Morgan fingerprint density at radius 1 is 0.450 bits per heavy atom. The number of rotatable bonds is 4. The van der Waals surface area contributed by atoms with Crippen LogP contribution in [0.25, 0.3) is 0 Å². The predicted octanol–water partition coefficient (Wildman–Crippen LogP) is 5.11. The Kier molecular flexibility index (Phi) is 6.83. The Hall–Kier alpha value is -5.38. The molecule has 0 unspecified atom stereocenters. The Morgan fingerprint density at radius 2 is 0.700 bits per heavy atom. The molecule has 5 rings (SSSR count). The molecule has 0 fully saturated rings. The zero-order chi connectivity index (χ0) is 28.6. The lowest BCUT2D eigenvalue weighted by Crippen LogP contribution is -2.22. The van der Waals surface area contributed by atoms with Crippen LogP contribution in [0.4, 0.5) is 46.0 Å². The van der Waals surface area contributed by atoms with E-state index in [-0.39, 0.29) is 22.3 Å². The SMILES string of the molecule is CN1c2cccc(c2)N(C)c2nc(c(C=O)cc2C=O)N(C)c2cccc(c2)N(C)c2nc1c(C=O)cc2C=O. The molecule has 1 aliphatic heterocycles. The van der Waals surface area contributed by atoms with Crippen molar-refractivity contribution < 1.29 is 19.2 Å². The van der Waals surface area contributed by atoms with Gasteiger partial charge in [0.15, 0.2) is 25.1 Å². The highest BCUT2D eigenvalue weighted by Gasteiger charge is 2.23. The maximum Gasteiger partial charge on any atom is 0.153 e. The first-order valence-electron chi connectivity index (χ1n) is 12.4. The lowest BCUT2D eigenvalue weighted by molar-refractivity contribution is 0.111. The third-order valence-electron chi connectivity index (χ3n) is 7.07. The fraction of sp³-hybridized carbons (Fsp3) is 0.133. The number of hydrogen-bond donors (Lipinski definition) is 0. The minimum Gasteiger partial charge on any atom is -0.329 e. The highest BCUT2D eigenvalue weighted by molar-refractivity contribution is 5.95. The number of hydrogen-bond acceptors (Lipinski definition) is 10. The summed E-state index contributed by atoms with van der Waals surface area (Å²) in [4.78, 5) is 64.9. The quantitative estimate of drug-likeness (QED) is 0.328.